The molecule has 1 saturated carbocycles. The minimum absolute atomic E-state index is 0.0461. The van der Waals surface area contributed by atoms with Gasteiger partial charge in [-0.1, -0.05) is 6.42 Å². The molecule has 0 spiro atoms. The van der Waals surface area contributed by atoms with Crippen LogP contribution in [0.5, 0.6) is 0 Å². The van der Waals surface area contributed by atoms with Gasteiger partial charge in [0.15, 0.2) is 0 Å². The molecule has 2 atom stereocenters. The van der Waals surface area contributed by atoms with Crippen LogP contribution in [0.25, 0.3) is 0 Å². The Kier molecular flexibility index (Phi) is 2.90. The Bertz CT molecular complexity index is 595. The lowest BCUT2D eigenvalue weighted by atomic mass is 10.0. The number of fused-ring (bicyclic) bond motifs is 1. The van der Waals surface area contributed by atoms with Gasteiger partial charge in [0, 0.05) is 19.3 Å². The molecule has 2 unspecified atom stereocenters. The van der Waals surface area contributed by atoms with Crippen LogP contribution in [0, 0.1) is 11.8 Å². The zero-order chi connectivity index (χ0) is 13.6. The van der Waals surface area contributed by atoms with Crippen LogP contribution in [0.2, 0.25) is 0 Å². The van der Waals surface area contributed by atoms with E-state index < -0.39 is 10.0 Å². The lowest BCUT2D eigenvalue weighted by Crippen LogP contribution is -2.29. The van der Waals surface area contributed by atoms with E-state index in [1.807, 2.05) is 4.90 Å². The zero-order valence-electron chi connectivity index (χ0n) is 10.5. The maximum atomic E-state index is 12.3. The lowest BCUT2D eigenvalue weighted by molar-refractivity contribution is 0.0775. The first-order chi connectivity index (χ1) is 8.95. The second kappa shape index (κ2) is 4.35. The average Bonchev–Trinajstić information content (AvgIpc) is 3.01. The summed E-state index contributed by atoms with van der Waals surface area (Å²) in [6.07, 6.45) is 4.91. The number of primary sulfonamides is 1. The van der Waals surface area contributed by atoms with Crippen molar-refractivity contribution < 1.29 is 13.2 Å². The molecule has 0 radical (unpaired) electrons. The molecule has 2 aliphatic rings. The lowest BCUT2D eigenvalue weighted by Gasteiger charge is -2.16. The molecule has 19 heavy (non-hydrogen) atoms. The summed E-state index contributed by atoms with van der Waals surface area (Å²) in [5, 5.41) is 5.03. The Morgan fingerprint density at radius 2 is 1.95 bits per heavy atom. The predicted octanol–water partition coefficient (Wildman–Crippen LogP) is 0.534. The molecule has 6 nitrogen and oxygen atoms in total. The molecule has 7 heteroatoms. The third kappa shape index (κ3) is 2.28. The highest BCUT2D eigenvalue weighted by Crippen LogP contribution is 2.38. The number of nitrogens with two attached hydrogens (primary N) is 1. The summed E-state index contributed by atoms with van der Waals surface area (Å²) in [6, 6.07) is 1.31. The van der Waals surface area contributed by atoms with E-state index >= 15 is 0 Å². The number of hydrogen-bond acceptors (Lipinski definition) is 3. The number of carbonyl (C=O) groups excluding carboxylic acids is 1. The SMILES string of the molecule is NS(=O)(=O)c1c[nH]c(C(=O)N2CC3CCCC3C2)c1. The van der Waals surface area contributed by atoms with Gasteiger partial charge in [-0.15, -0.1) is 0 Å². The monoisotopic (exact) mass is 283 g/mol. The number of likely N-dealkylation sites (tertiary alicyclic amines) is 1. The summed E-state index contributed by atoms with van der Waals surface area (Å²) in [5.41, 5.74) is 0.295. The first-order valence-electron chi connectivity index (χ1n) is 6.45. The van der Waals surface area contributed by atoms with Gasteiger partial charge in [0.05, 0.1) is 4.90 Å². The highest BCUT2D eigenvalue weighted by molar-refractivity contribution is 7.89. The zero-order valence-corrected chi connectivity index (χ0v) is 11.3. The van der Waals surface area contributed by atoms with Crippen molar-refractivity contribution >= 4 is 15.9 Å². The predicted molar refractivity (Wildman–Crippen MR) is 68.9 cm³/mol. The van der Waals surface area contributed by atoms with Crippen LogP contribution in [-0.4, -0.2) is 37.3 Å². The molecule has 3 N–H and O–H groups in total. The van der Waals surface area contributed by atoms with Crippen LogP contribution in [0.3, 0.4) is 0 Å². The third-order valence-corrected chi connectivity index (χ3v) is 5.12. The minimum Gasteiger partial charge on any atom is -0.356 e. The van der Waals surface area contributed by atoms with Crippen LogP contribution >= 0.6 is 0 Å². The van der Waals surface area contributed by atoms with E-state index in [0.29, 0.717) is 17.5 Å². The Balaban J connectivity index is 1.76. The number of carbonyl (C=O) groups is 1. The molecule has 0 bridgehead atoms. The number of H-pyrrole nitrogens is 1. The number of sulfonamides is 1. The Hall–Kier alpha value is -1.34. The fraction of sp³-hybridized carbons (Fsp3) is 0.583. The summed E-state index contributed by atoms with van der Waals surface area (Å²) in [6.45, 7) is 1.57. The fourth-order valence-corrected chi connectivity index (χ4v) is 3.74. The van der Waals surface area contributed by atoms with Crippen molar-refractivity contribution in [2.45, 2.75) is 24.2 Å². The van der Waals surface area contributed by atoms with Crippen molar-refractivity contribution in [2.75, 3.05) is 13.1 Å². The first-order valence-corrected chi connectivity index (χ1v) is 8.00. The molecule has 3 rings (SSSR count). The number of hydrogen-bond donors (Lipinski definition) is 2. The van der Waals surface area contributed by atoms with Crippen molar-refractivity contribution in [3.05, 3.63) is 18.0 Å². The van der Waals surface area contributed by atoms with E-state index in [9.17, 15) is 13.2 Å². The van der Waals surface area contributed by atoms with Crippen LogP contribution in [0.15, 0.2) is 17.2 Å². The van der Waals surface area contributed by atoms with E-state index in [1.165, 1.54) is 31.5 Å². The molecule has 1 aliphatic carbocycles. The number of aromatic amines is 1. The standard InChI is InChI=1S/C12H17N3O3S/c13-19(17,18)10-4-11(14-5-10)12(16)15-6-8-2-1-3-9(8)7-15/h4-5,8-9,14H,1-3,6-7H2,(H2,13,17,18). The number of nitrogens with one attached hydrogen (secondary N) is 1. The molecule has 1 aliphatic heterocycles. The molecule has 2 heterocycles. The molecule has 104 valence electrons. The Morgan fingerprint density at radius 1 is 1.32 bits per heavy atom. The smallest absolute Gasteiger partial charge is 0.270 e. The summed E-state index contributed by atoms with van der Waals surface area (Å²) < 4.78 is 22.4. The quantitative estimate of drug-likeness (QED) is 0.828. The second-order valence-electron chi connectivity index (χ2n) is 5.46. The maximum Gasteiger partial charge on any atom is 0.270 e. The molecule has 1 aromatic rings. The molecule has 1 aromatic heterocycles. The summed E-state index contributed by atoms with van der Waals surface area (Å²) in [5.74, 6) is 1.11. The van der Waals surface area contributed by atoms with Gasteiger partial charge in [-0.25, -0.2) is 13.6 Å². The van der Waals surface area contributed by atoms with Crippen LogP contribution in [0.1, 0.15) is 29.8 Å². The fourth-order valence-electron chi connectivity index (χ4n) is 3.23. The van der Waals surface area contributed by atoms with Crippen molar-refractivity contribution in [3.8, 4) is 0 Å². The highest BCUT2D eigenvalue weighted by atomic mass is 32.2. The topological polar surface area (TPSA) is 96.3 Å². The van der Waals surface area contributed by atoms with Gasteiger partial charge in [-0.3, -0.25) is 4.79 Å². The van der Waals surface area contributed by atoms with Gasteiger partial charge in [-0.05, 0) is 30.7 Å². The average molecular weight is 283 g/mol. The highest BCUT2D eigenvalue weighted by Gasteiger charge is 2.38. The van der Waals surface area contributed by atoms with Crippen molar-refractivity contribution in [2.24, 2.45) is 17.0 Å². The van der Waals surface area contributed by atoms with Crippen LogP contribution < -0.4 is 5.14 Å². The van der Waals surface area contributed by atoms with Crippen LogP contribution in [-0.2, 0) is 10.0 Å². The van der Waals surface area contributed by atoms with E-state index in [4.69, 9.17) is 5.14 Å². The van der Waals surface area contributed by atoms with Gasteiger partial charge in [0.1, 0.15) is 5.69 Å². The van der Waals surface area contributed by atoms with Gasteiger partial charge in [-0.2, -0.15) is 0 Å². The van der Waals surface area contributed by atoms with Crippen molar-refractivity contribution in [1.29, 1.82) is 0 Å². The summed E-state index contributed by atoms with van der Waals surface area (Å²) in [4.78, 5) is 16.7. The van der Waals surface area contributed by atoms with E-state index in [0.717, 1.165) is 13.1 Å². The molecule has 1 saturated heterocycles. The normalized spacial score (nSPS) is 26.7. The van der Waals surface area contributed by atoms with Gasteiger partial charge in [0.25, 0.3) is 5.91 Å². The van der Waals surface area contributed by atoms with Crippen LogP contribution in [0.4, 0.5) is 0 Å². The molecule has 1 amide bonds. The minimum atomic E-state index is -3.76. The summed E-state index contributed by atoms with van der Waals surface area (Å²) >= 11 is 0. The van der Waals surface area contributed by atoms with Gasteiger partial charge >= 0.3 is 0 Å². The summed E-state index contributed by atoms with van der Waals surface area (Å²) in [7, 11) is -3.76. The number of amides is 1. The Morgan fingerprint density at radius 3 is 2.47 bits per heavy atom. The van der Waals surface area contributed by atoms with E-state index in [-0.39, 0.29) is 10.8 Å². The first kappa shape index (κ1) is 12.7. The largest absolute Gasteiger partial charge is 0.356 e. The number of rotatable bonds is 2. The second-order valence-corrected chi connectivity index (χ2v) is 7.02. The molecule has 0 aromatic carbocycles. The Labute approximate surface area is 112 Å². The molecule has 2 fully saturated rings. The van der Waals surface area contributed by atoms with E-state index in [2.05, 4.69) is 4.98 Å². The number of aromatic nitrogens is 1. The maximum absolute atomic E-state index is 12.3. The molecular formula is C12H17N3O3S. The van der Waals surface area contributed by atoms with Gasteiger partial charge in [0.2, 0.25) is 10.0 Å². The van der Waals surface area contributed by atoms with Gasteiger partial charge < -0.3 is 9.88 Å². The molecular weight excluding hydrogens is 266 g/mol. The van der Waals surface area contributed by atoms with Crippen molar-refractivity contribution in [1.82, 2.24) is 9.88 Å². The number of nitrogens with zero attached hydrogens (tertiary/aromatic N) is 1. The van der Waals surface area contributed by atoms with Crippen molar-refractivity contribution in [3.63, 3.8) is 0 Å². The third-order valence-electron chi connectivity index (χ3n) is 4.23. The van der Waals surface area contributed by atoms with E-state index in [1.54, 1.807) is 0 Å².